The number of piperidine rings is 1. The number of carbonyl (C=O) groups is 1. The van der Waals surface area contributed by atoms with Crippen LogP contribution in [0.3, 0.4) is 0 Å². The maximum absolute atomic E-state index is 14.8. The molecule has 0 bridgehead atoms. The van der Waals surface area contributed by atoms with Gasteiger partial charge in [-0.2, -0.15) is 4.91 Å². The lowest BCUT2D eigenvalue weighted by atomic mass is 9.84. The van der Waals surface area contributed by atoms with E-state index >= 15 is 0 Å². The maximum Gasteiger partial charge on any atom is 0.253 e. The van der Waals surface area contributed by atoms with Crippen LogP contribution in [0.5, 0.6) is 0 Å². The predicted octanol–water partition coefficient (Wildman–Crippen LogP) is 6.57. The van der Waals surface area contributed by atoms with Crippen molar-refractivity contribution < 1.29 is 22.4 Å². The molecule has 1 aliphatic heterocycles. The van der Waals surface area contributed by atoms with Crippen LogP contribution >= 0.6 is 0 Å². The van der Waals surface area contributed by atoms with Crippen molar-refractivity contribution in [1.29, 1.82) is 0 Å². The lowest BCUT2D eigenvalue weighted by molar-refractivity contribution is -0.0494. The molecule has 1 amide bonds. The summed E-state index contributed by atoms with van der Waals surface area (Å²) < 4.78 is 55.4. The van der Waals surface area contributed by atoms with Gasteiger partial charge in [-0.25, -0.2) is 17.6 Å². The highest BCUT2D eigenvalue weighted by molar-refractivity contribution is 5.94. The van der Waals surface area contributed by atoms with Gasteiger partial charge in [-0.3, -0.25) is 9.78 Å². The number of aromatic nitrogens is 1. The molecule has 188 valence electrons. The molecule has 9 heteroatoms. The van der Waals surface area contributed by atoms with E-state index in [-0.39, 0.29) is 43.8 Å². The second kappa shape index (κ2) is 10.6. The summed E-state index contributed by atoms with van der Waals surface area (Å²) in [5, 5.41) is 3.26. The van der Waals surface area contributed by atoms with Crippen LogP contribution in [0, 0.1) is 23.5 Å². The quantitative estimate of drug-likeness (QED) is 0.273. The molecule has 0 N–H and O–H groups in total. The van der Waals surface area contributed by atoms with Gasteiger partial charge in [0.1, 0.15) is 17.7 Å². The van der Waals surface area contributed by atoms with Crippen LogP contribution < -0.4 is 0 Å². The number of rotatable bonds is 7. The van der Waals surface area contributed by atoms with Gasteiger partial charge in [0.2, 0.25) is 0 Å². The Kier molecular flexibility index (Phi) is 7.47. The van der Waals surface area contributed by atoms with E-state index in [2.05, 4.69) is 10.2 Å². The highest BCUT2D eigenvalue weighted by atomic mass is 19.3. The lowest BCUT2D eigenvalue weighted by Gasteiger charge is -2.31. The molecule has 1 aliphatic rings. The van der Waals surface area contributed by atoms with Crippen LogP contribution in [0.4, 0.5) is 17.6 Å². The van der Waals surface area contributed by atoms with E-state index in [1.165, 1.54) is 11.0 Å². The molecule has 2 unspecified atom stereocenters. The van der Waals surface area contributed by atoms with Gasteiger partial charge in [-0.05, 0) is 60.4 Å². The molecule has 2 heterocycles. The zero-order valence-corrected chi connectivity index (χ0v) is 19.6. The summed E-state index contributed by atoms with van der Waals surface area (Å²) in [6.45, 7) is 1.71. The molecule has 1 fully saturated rings. The number of hydrogen-bond acceptors (Lipinski definition) is 4. The summed E-state index contributed by atoms with van der Waals surface area (Å²) >= 11 is 0. The zero-order valence-electron chi connectivity index (χ0n) is 19.6. The number of likely N-dealkylation sites (tertiary alicyclic amines) is 1. The molecule has 3 aromatic rings. The maximum atomic E-state index is 14.8. The summed E-state index contributed by atoms with van der Waals surface area (Å²) in [6, 6.07) is 12.2. The number of amides is 1. The van der Waals surface area contributed by atoms with Crippen molar-refractivity contribution in [2.24, 2.45) is 5.18 Å². The number of alkyl halides is 2. The van der Waals surface area contributed by atoms with E-state index < -0.39 is 29.5 Å². The number of halogens is 4. The number of benzene rings is 2. The van der Waals surface area contributed by atoms with Crippen molar-refractivity contribution in [3.05, 3.63) is 105 Å². The summed E-state index contributed by atoms with van der Waals surface area (Å²) in [7, 11) is 0. The largest absolute Gasteiger partial charge is 0.338 e. The normalized spacial score (nSPS) is 16.9. The van der Waals surface area contributed by atoms with Crippen LogP contribution in [0.1, 0.15) is 64.0 Å². The number of pyridine rings is 1. The van der Waals surface area contributed by atoms with Gasteiger partial charge < -0.3 is 4.90 Å². The fourth-order valence-electron chi connectivity index (χ4n) is 4.54. The molecule has 4 rings (SSSR count). The second-order valence-electron chi connectivity index (χ2n) is 9.08. The highest BCUT2D eigenvalue weighted by Crippen LogP contribution is 2.37. The Labute approximate surface area is 206 Å². The van der Waals surface area contributed by atoms with Crippen molar-refractivity contribution in [2.75, 3.05) is 13.1 Å². The number of hydrogen-bond donors (Lipinski definition) is 0. The van der Waals surface area contributed by atoms with E-state index in [9.17, 15) is 27.3 Å². The van der Waals surface area contributed by atoms with Gasteiger partial charge >= 0.3 is 0 Å². The minimum absolute atomic E-state index is 0.0327. The smallest absolute Gasteiger partial charge is 0.253 e. The van der Waals surface area contributed by atoms with Crippen LogP contribution in [0.25, 0.3) is 0 Å². The van der Waals surface area contributed by atoms with Gasteiger partial charge in [-0.1, -0.05) is 23.4 Å². The molecule has 0 aliphatic carbocycles. The second-order valence-corrected chi connectivity index (χ2v) is 9.08. The van der Waals surface area contributed by atoms with Crippen LogP contribution in [-0.4, -0.2) is 34.8 Å². The van der Waals surface area contributed by atoms with E-state index in [1.807, 2.05) is 0 Å². The molecular formula is C27H25F4N3O2. The molecule has 0 radical (unpaired) electrons. The lowest BCUT2D eigenvalue weighted by Crippen LogP contribution is -2.42. The predicted molar refractivity (Wildman–Crippen MR) is 127 cm³/mol. The van der Waals surface area contributed by atoms with Gasteiger partial charge in [0.25, 0.3) is 11.8 Å². The van der Waals surface area contributed by atoms with E-state index in [4.69, 9.17) is 0 Å². The number of nitrogens with zero attached hydrogens (tertiary/aromatic N) is 3. The first-order valence-corrected chi connectivity index (χ1v) is 11.6. The monoisotopic (exact) mass is 499 g/mol. The fourth-order valence-corrected chi connectivity index (χ4v) is 4.54. The highest BCUT2D eigenvalue weighted by Gasteiger charge is 2.36. The molecular weight excluding hydrogens is 474 g/mol. The molecule has 1 saturated heterocycles. The zero-order chi connectivity index (χ0) is 25.9. The molecule has 2 atom stereocenters. The minimum atomic E-state index is -2.76. The summed E-state index contributed by atoms with van der Waals surface area (Å²) in [4.78, 5) is 30.1. The molecule has 0 spiro atoms. The molecule has 36 heavy (non-hydrogen) atoms. The van der Waals surface area contributed by atoms with Gasteiger partial charge in [-0.15, -0.1) is 0 Å². The van der Waals surface area contributed by atoms with Crippen molar-refractivity contribution in [1.82, 2.24) is 9.88 Å². The summed E-state index contributed by atoms with van der Waals surface area (Å²) in [5.41, 5.74) is 2.43. The Hall–Kier alpha value is -3.62. The Morgan fingerprint density at radius 2 is 1.72 bits per heavy atom. The SMILES string of the molecule is Cc1cc(C(CC(c2ccc(C(=O)N3CCC(F)(F)CC3)cc2)c2ccc(F)cc2F)N=O)ccn1. The van der Waals surface area contributed by atoms with E-state index in [1.54, 1.807) is 49.5 Å². The summed E-state index contributed by atoms with van der Waals surface area (Å²) in [6.07, 6.45) is 0.909. The van der Waals surface area contributed by atoms with Gasteiger partial charge in [0.15, 0.2) is 0 Å². The number of aryl methyl sites for hydroxylation is 1. The Morgan fingerprint density at radius 1 is 1.03 bits per heavy atom. The average Bonchev–Trinajstić information content (AvgIpc) is 2.85. The Balaban J connectivity index is 1.63. The third-order valence-corrected chi connectivity index (χ3v) is 6.57. The summed E-state index contributed by atoms with van der Waals surface area (Å²) in [5.74, 6) is -5.27. The van der Waals surface area contributed by atoms with Gasteiger partial charge in [0.05, 0.1) is 0 Å². The molecule has 5 nitrogen and oxygen atoms in total. The standard InChI is InChI=1S/C27H25F4N3O2/c1-17-14-20(8-11-32-17)25(33-36)16-23(22-7-6-21(28)15-24(22)29)18-2-4-19(5-3-18)26(35)34-12-9-27(30,31)10-13-34/h2-8,11,14-15,23,25H,9-10,12-13,16H2,1H3. The van der Waals surface area contributed by atoms with Crippen LogP contribution in [0.15, 0.2) is 66.0 Å². The fraction of sp³-hybridized carbons (Fsp3) is 0.333. The van der Waals surface area contributed by atoms with Crippen molar-refractivity contribution in [3.8, 4) is 0 Å². The van der Waals surface area contributed by atoms with Crippen molar-refractivity contribution >= 4 is 5.91 Å². The topological polar surface area (TPSA) is 62.6 Å². The molecule has 0 saturated carbocycles. The van der Waals surface area contributed by atoms with Gasteiger partial charge in [0, 0.05) is 55.4 Å². The average molecular weight is 500 g/mol. The van der Waals surface area contributed by atoms with Crippen LogP contribution in [-0.2, 0) is 0 Å². The van der Waals surface area contributed by atoms with E-state index in [0.29, 0.717) is 22.4 Å². The van der Waals surface area contributed by atoms with Crippen molar-refractivity contribution in [2.45, 2.75) is 44.1 Å². The Morgan fingerprint density at radius 3 is 2.33 bits per heavy atom. The Bertz CT molecular complexity index is 1240. The van der Waals surface area contributed by atoms with Crippen molar-refractivity contribution in [3.63, 3.8) is 0 Å². The minimum Gasteiger partial charge on any atom is -0.338 e. The first kappa shape index (κ1) is 25.5. The molecule has 2 aromatic carbocycles. The number of nitroso groups, excluding NO2 is 1. The first-order chi connectivity index (χ1) is 17.2. The molecule has 1 aromatic heterocycles. The third kappa shape index (κ3) is 5.78. The van der Waals surface area contributed by atoms with E-state index in [0.717, 1.165) is 12.1 Å². The number of carbonyl (C=O) groups excluding carboxylic acids is 1. The first-order valence-electron chi connectivity index (χ1n) is 11.6. The third-order valence-electron chi connectivity index (χ3n) is 6.57. The van der Waals surface area contributed by atoms with Crippen LogP contribution in [0.2, 0.25) is 0 Å².